The maximum Gasteiger partial charge on any atom is 0.240 e. The van der Waals surface area contributed by atoms with Gasteiger partial charge in [-0.15, -0.1) is 0 Å². The number of hydrogen-bond donors (Lipinski definition) is 2. The molecule has 0 bridgehead atoms. The predicted molar refractivity (Wildman–Crippen MR) is 64.5 cm³/mol. The summed E-state index contributed by atoms with van der Waals surface area (Å²) >= 11 is 0. The molecule has 6 heteroatoms. The van der Waals surface area contributed by atoms with Crippen molar-refractivity contribution in [2.75, 3.05) is 19.8 Å². The van der Waals surface area contributed by atoms with Gasteiger partial charge >= 0.3 is 0 Å². The van der Waals surface area contributed by atoms with Crippen molar-refractivity contribution in [3.8, 4) is 5.75 Å². The molecule has 0 unspecified atom stereocenters. The van der Waals surface area contributed by atoms with Crippen LogP contribution < -0.4 is 9.46 Å². The van der Waals surface area contributed by atoms with Gasteiger partial charge < -0.3 is 9.84 Å². The SMILES string of the molecule is CCCOc1ccc(S(=O)(=O)NCCO)cc1. The lowest BCUT2D eigenvalue weighted by molar-refractivity contribution is 0.301. The molecular weight excluding hydrogens is 242 g/mol. The third kappa shape index (κ3) is 4.33. The molecule has 17 heavy (non-hydrogen) atoms. The monoisotopic (exact) mass is 259 g/mol. The molecule has 0 saturated heterocycles. The number of sulfonamides is 1. The zero-order valence-electron chi connectivity index (χ0n) is 9.72. The van der Waals surface area contributed by atoms with Crippen LogP contribution in [0, 0.1) is 0 Å². The lowest BCUT2D eigenvalue weighted by Gasteiger charge is -2.07. The van der Waals surface area contributed by atoms with E-state index >= 15 is 0 Å². The Bertz CT molecular complexity index is 427. The van der Waals surface area contributed by atoms with Crippen LogP contribution in [0.5, 0.6) is 5.75 Å². The summed E-state index contributed by atoms with van der Waals surface area (Å²) in [7, 11) is -3.53. The molecule has 0 atom stereocenters. The Balaban J connectivity index is 2.73. The first kappa shape index (κ1) is 14.0. The van der Waals surface area contributed by atoms with Crippen LogP contribution in [0.25, 0.3) is 0 Å². The van der Waals surface area contributed by atoms with Gasteiger partial charge in [0.15, 0.2) is 0 Å². The maximum absolute atomic E-state index is 11.7. The first-order valence-electron chi connectivity index (χ1n) is 5.43. The number of benzene rings is 1. The molecule has 1 aromatic rings. The Morgan fingerprint density at radius 3 is 2.47 bits per heavy atom. The van der Waals surface area contributed by atoms with Crippen molar-refractivity contribution in [3.05, 3.63) is 24.3 Å². The Morgan fingerprint density at radius 2 is 1.94 bits per heavy atom. The molecule has 0 fully saturated rings. The van der Waals surface area contributed by atoms with Crippen LogP contribution in [0.4, 0.5) is 0 Å². The van der Waals surface area contributed by atoms with E-state index in [1.165, 1.54) is 12.1 Å². The van der Waals surface area contributed by atoms with Crippen LogP contribution in [0.2, 0.25) is 0 Å². The minimum Gasteiger partial charge on any atom is -0.494 e. The van der Waals surface area contributed by atoms with Gasteiger partial charge in [-0.1, -0.05) is 6.92 Å². The lowest BCUT2D eigenvalue weighted by Crippen LogP contribution is -2.26. The molecule has 0 amide bonds. The van der Waals surface area contributed by atoms with E-state index < -0.39 is 10.0 Å². The van der Waals surface area contributed by atoms with E-state index in [2.05, 4.69) is 4.72 Å². The van der Waals surface area contributed by atoms with Gasteiger partial charge in [-0.3, -0.25) is 0 Å². The summed E-state index contributed by atoms with van der Waals surface area (Å²) in [5.41, 5.74) is 0. The van der Waals surface area contributed by atoms with E-state index in [4.69, 9.17) is 9.84 Å². The smallest absolute Gasteiger partial charge is 0.240 e. The molecule has 0 aliphatic heterocycles. The highest BCUT2D eigenvalue weighted by Gasteiger charge is 2.12. The topological polar surface area (TPSA) is 75.6 Å². The van der Waals surface area contributed by atoms with Crippen LogP contribution in [0.1, 0.15) is 13.3 Å². The Morgan fingerprint density at radius 1 is 1.29 bits per heavy atom. The number of nitrogens with one attached hydrogen (secondary N) is 1. The highest BCUT2D eigenvalue weighted by atomic mass is 32.2. The Hall–Kier alpha value is -1.11. The number of aliphatic hydroxyl groups is 1. The molecular formula is C11H17NO4S. The second kappa shape index (κ2) is 6.58. The second-order valence-corrected chi connectivity index (χ2v) is 5.21. The summed E-state index contributed by atoms with van der Waals surface area (Å²) in [6.07, 6.45) is 0.901. The van der Waals surface area contributed by atoms with E-state index in [-0.39, 0.29) is 18.0 Å². The largest absolute Gasteiger partial charge is 0.494 e. The zero-order valence-corrected chi connectivity index (χ0v) is 10.5. The van der Waals surface area contributed by atoms with E-state index in [0.717, 1.165) is 6.42 Å². The highest BCUT2D eigenvalue weighted by Crippen LogP contribution is 2.15. The van der Waals surface area contributed by atoms with Crippen molar-refractivity contribution in [1.29, 1.82) is 0 Å². The van der Waals surface area contributed by atoms with Crippen molar-refractivity contribution in [1.82, 2.24) is 4.72 Å². The van der Waals surface area contributed by atoms with Crippen LogP contribution in [0.3, 0.4) is 0 Å². The standard InChI is InChI=1S/C11H17NO4S/c1-2-9-16-10-3-5-11(6-4-10)17(14,15)12-7-8-13/h3-6,12-13H,2,7-9H2,1H3. The van der Waals surface area contributed by atoms with Gasteiger partial charge in [0.05, 0.1) is 18.1 Å². The van der Waals surface area contributed by atoms with Gasteiger partial charge in [-0.05, 0) is 30.7 Å². The molecule has 0 radical (unpaired) electrons. The minimum absolute atomic E-state index is 0.0103. The van der Waals surface area contributed by atoms with Crippen molar-refractivity contribution >= 4 is 10.0 Å². The Kier molecular flexibility index (Phi) is 5.40. The minimum atomic E-state index is -3.53. The van der Waals surface area contributed by atoms with Crippen molar-refractivity contribution in [3.63, 3.8) is 0 Å². The van der Waals surface area contributed by atoms with Crippen LogP contribution in [-0.4, -0.2) is 33.3 Å². The van der Waals surface area contributed by atoms with Crippen molar-refractivity contribution in [2.24, 2.45) is 0 Å². The summed E-state index contributed by atoms with van der Waals surface area (Å²) in [6.45, 7) is 2.39. The summed E-state index contributed by atoms with van der Waals surface area (Å²) < 4.78 is 30.9. The van der Waals surface area contributed by atoms with E-state index in [1.54, 1.807) is 12.1 Å². The number of hydrogen-bond acceptors (Lipinski definition) is 4. The normalized spacial score (nSPS) is 11.4. The van der Waals surface area contributed by atoms with E-state index in [0.29, 0.717) is 12.4 Å². The fourth-order valence-corrected chi connectivity index (χ4v) is 2.22. The van der Waals surface area contributed by atoms with Crippen LogP contribution in [0.15, 0.2) is 29.2 Å². The van der Waals surface area contributed by atoms with Crippen LogP contribution >= 0.6 is 0 Å². The quantitative estimate of drug-likeness (QED) is 0.757. The predicted octanol–water partition coefficient (Wildman–Crippen LogP) is 0.746. The van der Waals surface area contributed by atoms with Gasteiger partial charge in [-0.2, -0.15) is 0 Å². The summed E-state index contributed by atoms with van der Waals surface area (Å²) in [5.74, 6) is 0.646. The lowest BCUT2D eigenvalue weighted by atomic mass is 10.3. The third-order valence-corrected chi connectivity index (χ3v) is 3.49. The summed E-state index contributed by atoms with van der Waals surface area (Å²) in [5, 5.41) is 8.57. The third-order valence-electron chi connectivity index (χ3n) is 2.01. The first-order valence-corrected chi connectivity index (χ1v) is 6.92. The molecule has 1 rings (SSSR count). The molecule has 0 aliphatic carbocycles. The molecule has 0 aromatic heterocycles. The van der Waals surface area contributed by atoms with Crippen molar-refractivity contribution in [2.45, 2.75) is 18.2 Å². The molecule has 1 aromatic carbocycles. The molecule has 0 heterocycles. The van der Waals surface area contributed by atoms with Gasteiger partial charge in [-0.25, -0.2) is 13.1 Å². The van der Waals surface area contributed by atoms with Crippen LogP contribution in [-0.2, 0) is 10.0 Å². The van der Waals surface area contributed by atoms with Gasteiger partial charge in [0, 0.05) is 6.54 Å². The second-order valence-electron chi connectivity index (χ2n) is 3.44. The number of ether oxygens (including phenoxy) is 1. The van der Waals surface area contributed by atoms with Gasteiger partial charge in [0.1, 0.15) is 5.75 Å². The number of rotatable bonds is 7. The highest BCUT2D eigenvalue weighted by molar-refractivity contribution is 7.89. The molecule has 0 saturated carbocycles. The molecule has 96 valence electrons. The molecule has 0 spiro atoms. The fourth-order valence-electron chi connectivity index (χ4n) is 1.20. The number of aliphatic hydroxyl groups excluding tert-OH is 1. The molecule has 2 N–H and O–H groups in total. The molecule has 0 aliphatic rings. The van der Waals surface area contributed by atoms with E-state index in [1.807, 2.05) is 6.92 Å². The summed E-state index contributed by atoms with van der Waals surface area (Å²) in [4.78, 5) is 0.162. The van der Waals surface area contributed by atoms with Gasteiger partial charge in [0.25, 0.3) is 0 Å². The van der Waals surface area contributed by atoms with Gasteiger partial charge in [0.2, 0.25) is 10.0 Å². The first-order chi connectivity index (χ1) is 8.10. The Labute approximate surface area is 101 Å². The van der Waals surface area contributed by atoms with Crippen molar-refractivity contribution < 1.29 is 18.3 Å². The zero-order chi connectivity index (χ0) is 12.7. The maximum atomic E-state index is 11.7. The molecule has 5 nitrogen and oxygen atoms in total. The summed E-state index contributed by atoms with van der Waals surface area (Å²) in [6, 6.07) is 6.18. The average molecular weight is 259 g/mol. The van der Waals surface area contributed by atoms with E-state index in [9.17, 15) is 8.42 Å². The average Bonchev–Trinajstić information content (AvgIpc) is 2.34. The fraction of sp³-hybridized carbons (Fsp3) is 0.455.